The van der Waals surface area contributed by atoms with E-state index in [0.717, 1.165) is 5.69 Å². The molecule has 3 nitrogen and oxygen atoms in total. The molecule has 1 aromatic heterocycles. The summed E-state index contributed by atoms with van der Waals surface area (Å²) < 4.78 is 78.6. The topological polar surface area (TPSA) is 19.1 Å². The number of nitrogens with one attached hydrogen (secondary N) is 1. The van der Waals surface area contributed by atoms with E-state index in [1.165, 1.54) is 4.57 Å². The van der Waals surface area contributed by atoms with Gasteiger partial charge in [0.15, 0.2) is 0 Å². The van der Waals surface area contributed by atoms with E-state index in [2.05, 4.69) is 5.32 Å². The van der Waals surface area contributed by atoms with Crippen molar-refractivity contribution in [2.75, 3.05) is 24.3 Å². The molecule has 0 saturated carbocycles. The molecule has 26 heavy (non-hydrogen) atoms. The summed E-state index contributed by atoms with van der Waals surface area (Å²) in [6, 6.07) is 4.61. The summed E-state index contributed by atoms with van der Waals surface area (Å²) in [5.74, 6) is 0. The van der Waals surface area contributed by atoms with Crippen molar-refractivity contribution in [2.24, 2.45) is 0 Å². The zero-order valence-electron chi connectivity index (χ0n) is 13.6. The smallest absolute Gasteiger partial charge is 0.377 e. The Balaban J connectivity index is 2.34. The highest BCUT2D eigenvalue weighted by molar-refractivity contribution is 7.80. The van der Waals surface area contributed by atoms with Crippen molar-refractivity contribution in [3.05, 3.63) is 53.9 Å². The lowest BCUT2D eigenvalue weighted by atomic mass is 10.1. The molecule has 0 aliphatic carbocycles. The van der Waals surface area contributed by atoms with Crippen molar-refractivity contribution >= 4 is 28.7 Å². The fourth-order valence-corrected chi connectivity index (χ4v) is 2.31. The lowest BCUT2D eigenvalue weighted by Crippen LogP contribution is -2.45. The summed E-state index contributed by atoms with van der Waals surface area (Å²) >= 11 is 5.06. The summed E-state index contributed by atoms with van der Waals surface area (Å²) in [6.07, 6.45) is -6.74. The monoisotopic (exact) mass is 394 g/mol. The molecule has 1 aromatic carbocycles. The Morgan fingerprint density at radius 3 is 1.77 bits per heavy atom. The lowest BCUT2D eigenvalue weighted by Gasteiger charge is -2.13. The average molecular weight is 394 g/mol. The Kier molecular flexibility index (Phi) is 5.45. The molecule has 1 N–H and O–H groups in total. The molecule has 1 heterocycles. The van der Waals surface area contributed by atoms with Gasteiger partial charge in [-0.2, -0.15) is 30.9 Å². The third-order valence-corrected chi connectivity index (χ3v) is 3.71. The van der Waals surface area contributed by atoms with Gasteiger partial charge in [-0.25, -0.2) is 5.32 Å². The third-order valence-electron chi connectivity index (χ3n) is 3.40. The van der Waals surface area contributed by atoms with Crippen molar-refractivity contribution in [1.29, 1.82) is 0 Å². The fourth-order valence-electron chi connectivity index (χ4n) is 2.07. The van der Waals surface area contributed by atoms with Crippen LogP contribution in [-0.4, -0.2) is 19.2 Å². The number of rotatable bonds is 2. The normalized spacial score (nSPS) is 12.0. The van der Waals surface area contributed by atoms with Crippen LogP contribution >= 0.6 is 12.2 Å². The number of halogens is 6. The molecule has 0 aliphatic rings. The number of benzene rings is 1. The first kappa shape index (κ1) is 20.0. The highest BCUT2D eigenvalue weighted by atomic mass is 32.1. The Morgan fingerprint density at radius 2 is 1.38 bits per heavy atom. The molecule has 2 aromatic rings. The van der Waals surface area contributed by atoms with Crippen LogP contribution in [0.1, 0.15) is 11.1 Å². The first-order valence-corrected chi connectivity index (χ1v) is 7.58. The molecule has 0 radical (unpaired) electrons. The van der Waals surface area contributed by atoms with Crippen LogP contribution in [0.2, 0.25) is 0 Å². The molecule has 0 atom stereocenters. The first-order chi connectivity index (χ1) is 11.9. The molecule has 0 amide bonds. The molecule has 0 saturated heterocycles. The van der Waals surface area contributed by atoms with Gasteiger partial charge >= 0.3 is 17.5 Å². The molecule has 10 heteroatoms. The van der Waals surface area contributed by atoms with Gasteiger partial charge in [0.1, 0.15) is 5.69 Å². The van der Waals surface area contributed by atoms with Crippen LogP contribution in [0, 0.1) is 0 Å². The van der Waals surface area contributed by atoms with Gasteiger partial charge in [-0.3, -0.25) is 0 Å². The Hall–Kier alpha value is -2.36. The fraction of sp³-hybridized carbons (Fsp3) is 0.250. The minimum Gasteiger partial charge on any atom is -0.377 e. The van der Waals surface area contributed by atoms with Crippen molar-refractivity contribution in [1.82, 2.24) is 0 Å². The minimum absolute atomic E-state index is 0.0627. The van der Waals surface area contributed by atoms with E-state index in [9.17, 15) is 26.3 Å². The largest absolute Gasteiger partial charge is 0.416 e. The molecule has 0 spiro atoms. The minimum atomic E-state index is -4.92. The summed E-state index contributed by atoms with van der Waals surface area (Å²) in [7, 11) is 3.63. The second kappa shape index (κ2) is 7.10. The van der Waals surface area contributed by atoms with Crippen LogP contribution in [0.3, 0.4) is 0 Å². The molecular formula is C16H14F6N3S+. The molecule has 0 fully saturated rings. The van der Waals surface area contributed by atoms with E-state index >= 15 is 0 Å². The van der Waals surface area contributed by atoms with Gasteiger partial charge in [-0.1, -0.05) is 0 Å². The van der Waals surface area contributed by atoms with E-state index in [1.807, 2.05) is 19.0 Å². The van der Waals surface area contributed by atoms with Gasteiger partial charge in [0, 0.05) is 44.1 Å². The maximum Gasteiger partial charge on any atom is 0.416 e. The molecule has 0 unspecified atom stereocenters. The first-order valence-electron chi connectivity index (χ1n) is 7.17. The van der Waals surface area contributed by atoms with Gasteiger partial charge < -0.3 is 4.90 Å². The number of hydrogen-bond acceptors (Lipinski definition) is 2. The van der Waals surface area contributed by atoms with Crippen molar-refractivity contribution in [3.63, 3.8) is 0 Å². The summed E-state index contributed by atoms with van der Waals surface area (Å²) in [4.78, 5) is 1.82. The van der Waals surface area contributed by atoms with E-state index < -0.39 is 29.2 Å². The zero-order chi connectivity index (χ0) is 19.7. The van der Waals surface area contributed by atoms with Gasteiger partial charge in [0.25, 0.3) is 0 Å². The van der Waals surface area contributed by atoms with Gasteiger partial charge in [0.05, 0.1) is 23.5 Å². The van der Waals surface area contributed by atoms with E-state index in [-0.39, 0.29) is 11.2 Å². The number of pyridine rings is 1. The second-order valence-corrected chi connectivity index (χ2v) is 5.97. The number of hydrogen-bond donors (Lipinski definition) is 1. The molecule has 2 rings (SSSR count). The summed E-state index contributed by atoms with van der Waals surface area (Å²) in [5, 5.41) is 2.35. The molecule has 0 aliphatic heterocycles. The second-order valence-electron chi connectivity index (χ2n) is 5.58. The Morgan fingerprint density at radius 1 is 0.923 bits per heavy atom. The molecule has 0 bridgehead atoms. The average Bonchev–Trinajstić information content (AvgIpc) is 2.53. The van der Waals surface area contributed by atoms with Crippen LogP contribution in [0.15, 0.2) is 42.7 Å². The highest BCUT2D eigenvalue weighted by Crippen LogP contribution is 2.37. The zero-order valence-corrected chi connectivity index (χ0v) is 14.4. The molecular weight excluding hydrogens is 380 g/mol. The van der Waals surface area contributed by atoms with E-state index in [0.29, 0.717) is 12.1 Å². The van der Waals surface area contributed by atoms with Crippen LogP contribution < -0.4 is 14.8 Å². The van der Waals surface area contributed by atoms with Gasteiger partial charge in [-0.05, 0) is 18.2 Å². The predicted octanol–water partition coefficient (Wildman–Crippen LogP) is 4.32. The van der Waals surface area contributed by atoms with E-state index in [1.54, 1.807) is 24.5 Å². The highest BCUT2D eigenvalue weighted by Gasteiger charge is 2.37. The predicted molar refractivity (Wildman–Crippen MR) is 89.0 cm³/mol. The van der Waals surface area contributed by atoms with Crippen LogP contribution in [0.25, 0.3) is 0 Å². The summed E-state index contributed by atoms with van der Waals surface area (Å²) in [6.45, 7) is 0. The molecule has 140 valence electrons. The number of thiocarbonyl (C=S) groups is 1. The maximum absolute atomic E-state index is 12.9. The van der Waals surface area contributed by atoms with Crippen LogP contribution in [-0.2, 0) is 12.4 Å². The SMILES string of the molecule is CN(C)c1cc[n+](C(=S)Nc2cc(C(F)(F)F)cc(C(F)(F)F)c2)cc1. The Labute approximate surface area is 150 Å². The third kappa shape index (κ3) is 4.84. The Bertz CT molecular complexity index is 765. The number of alkyl halides is 6. The standard InChI is InChI=1S/C16H13F6N3S/c1-24(2)13-3-5-25(6-4-13)14(26)23-12-8-10(15(17,18)19)7-11(9-12)16(20,21)22/h3-9H,1-2H3/p+1. The van der Waals surface area contributed by atoms with Gasteiger partial charge in [-0.15, -0.1) is 0 Å². The number of anilines is 2. The van der Waals surface area contributed by atoms with Crippen LogP contribution in [0.5, 0.6) is 0 Å². The maximum atomic E-state index is 12.9. The van der Waals surface area contributed by atoms with Crippen molar-refractivity contribution in [3.8, 4) is 0 Å². The van der Waals surface area contributed by atoms with Crippen molar-refractivity contribution in [2.45, 2.75) is 12.4 Å². The lowest BCUT2D eigenvalue weighted by molar-refractivity contribution is -0.551. The van der Waals surface area contributed by atoms with Crippen LogP contribution in [0.4, 0.5) is 37.7 Å². The quantitative estimate of drug-likeness (QED) is 0.465. The summed E-state index contributed by atoms with van der Waals surface area (Å²) in [5.41, 5.74) is -2.38. The van der Waals surface area contributed by atoms with Crippen molar-refractivity contribution < 1.29 is 30.9 Å². The van der Waals surface area contributed by atoms with E-state index in [4.69, 9.17) is 12.2 Å². The number of aromatic nitrogens is 1. The van der Waals surface area contributed by atoms with Gasteiger partial charge in [0.2, 0.25) is 0 Å². The number of nitrogens with zero attached hydrogens (tertiary/aromatic N) is 2.